The number of hydrogen-bond donors (Lipinski definition) is 2. The van der Waals surface area contributed by atoms with E-state index in [9.17, 15) is 4.79 Å². The molecule has 0 spiro atoms. The molecule has 0 aliphatic heterocycles. The third kappa shape index (κ3) is 5.91. The molecule has 3 rings (SSSR count). The maximum atomic E-state index is 12.5. The second kappa shape index (κ2) is 10.4. The van der Waals surface area contributed by atoms with Crippen molar-refractivity contribution in [3.8, 4) is 0 Å². The lowest BCUT2D eigenvalue weighted by Crippen LogP contribution is -2.22. The Morgan fingerprint density at radius 1 is 0.929 bits per heavy atom. The van der Waals surface area contributed by atoms with Crippen molar-refractivity contribution in [1.82, 2.24) is 5.43 Å². The standard InChI is InChI=1S/C23H34N4O/c1-3-17-8-12-20(13-9-17)24-26-22-7-5-6-19(16-22)23(28)27-25-21-14-10-18(4-2)11-15-21/h5-7,16-18,26H,3-4,8-15H2,1-2H3,(H,27,28). The number of benzene rings is 1. The summed E-state index contributed by atoms with van der Waals surface area (Å²) in [6.45, 7) is 4.51. The molecule has 0 unspecified atom stereocenters. The van der Waals surface area contributed by atoms with E-state index in [1.165, 1.54) is 44.2 Å². The Morgan fingerprint density at radius 3 is 2.07 bits per heavy atom. The molecule has 1 aromatic rings. The monoisotopic (exact) mass is 382 g/mol. The first-order valence-electron chi connectivity index (χ1n) is 10.9. The third-order valence-corrected chi connectivity index (χ3v) is 6.30. The molecular weight excluding hydrogens is 348 g/mol. The van der Waals surface area contributed by atoms with E-state index < -0.39 is 0 Å². The maximum absolute atomic E-state index is 12.5. The molecule has 0 radical (unpaired) electrons. The van der Waals surface area contributed by atoms with Gasteiger partial charge in [0, 0.05) is 17.0 Å². The van der Waals surface area contributed by atoms with Crippen LogP contribution in [0.5, 0.6) is 0 Å². The number of amides is 1. The maximum Gasteiger partial charge on any atom is 0.271 e. The SMILES string of the molecule is CCC1CCC(=NNC(=O)c2cccc(NN=C3CCC(CC)CC3)c2)CC1. The Bertz CT molecular complexity index is 705. The lowest BCUT2D eigenvalue weighted by Gasteiger charge is -2.21. The van der Waals surface area contributed by atoms with Crippen LogP contribution in [0.15, 0.2) is 34.5 Å². The summed E-state index contributed by atoms with van der Waals surface area (Å²) in [5, 5.41) is 8.93. The van der Waals surface area contributed by atoms with Crippen LogP contribution in [0, 0.1) is 11.8 Å². The molecule has 1 aromatic carbocycles. The topological polar surface area (TPSA) is 65.8 Å². The van der Waals surface area contributed by atoms with E-state index in [1.807, 2.05) is 24.3 Å². The molecule has 2 N–H and O–H groups in total. The third-order valence-electron chi connectivity index (χ3n) is 6.30. The lowest BCUT2D eigenvalue weighted by molar-refractivity contribution is 0.0954. The number of anilines is 1. The molecule has 0 bridgehead atoms. The van der Waals surface area contributed by atoms with Gasteiger partial charge in [0.1, 0.15) is 0 Å². The van der Waals surface area contributed by atoms with Gasteiger partial charge in [-0.25, -0.2) is 5.43 Å². The Morgan fingerprint density at radius 2 is 1.50 bits per heavy atom. The second-order valence-corrected chi connectivity index (χ2v) is 8.19. The zero-order valence-corrected chi connectivity index (χ0v) is 17.3. The average Bonchev–Trinajstić information content (AvgIpc) is 2.77. The van der Waals surface area contributed by atoms with E-state index in [0.717, 1.165) is 48.9 Å². The van der Waals surface area contributed by atoms with Crippen molar-refractivity contribution < 1.29 is 4.79 Å². The van der Waals surface area contributed by atoms with E-state index in [2.05, 4.69) is 34.9 Å². The van der Waals surface area contributed by atoms with Gasteiger partial charge >= 0.3 is 0 Å². The number of hydrogen-bond acceptors (Lipinski definition) is 4. The van der Waals surface area contributed by atoms with Gasteiger partial charge in [-0.1, -0.05) is 32.8 Å². The van der Waals surface area contributed by atoms with Gasteiger partial charge in [0.05, 0.1) is 5.69 Å². The first kappa shape index (κ1) is 20.6. The number of nitrogens with zero attached hydrogens (tertiary/aromatic N) is 2. The van der Waals surface area contributed by atoms with Gasteiger partial charge in [-0.05, 0) is 81.4 Å². The summed E-state index contributed by atoms with van der Waals surface area (Å²) >= 11 is 0. The van der Waals surface area contributed by atoms with E-state index in [1.54, 1.807) is 0 Å². The smallest absolute Gasteiger partial charge is 0.271 e. The van der Waals surface area contributed by atoms with Crippen molar-refractivity contribution in [2.45, 2.75) is 78.1 Å². The van der Waals surface area contributed by atoms with Crippen LogP contribution < -0.4 is 10.9 Å². The summed E-state index contributed by atoms with van der Waals surface area (Å²) in [5.41, 5.74) is 9.65. The van der Waals surface area contributed by atoms with Gasteiger partial charge in [0.15, 0.2) is 0 Å². The van der Waals surface area contributed by atoms with Gasteiger partial charge in [0.25, 0.3) is 5.91 Å². The van der Waals surface area contributed by atoms with Crippen LogP contribution in [0.2, 0.25) is 0 Å². The molecule has 0 heterocycles. The van der Waals surface area contributed by atoms with Gasteiger partial charge in [-0.15, -0.1) is 0 Å². The molecular formula is C23H34N4O. The van der Waals surface area contributed by atoms with Crippen molar-refractivity contribution in [3.63, 3.8) is 0 Å². The molecule has 1 amide bonds. The fourth-order valence-electron chi connectivity index (χ4n) is 4.13. The highest BCUT2D eigenvalue weighted by Gasteiger charge is 2.17. The Labute approximate surface area is 169 Å². The minimum Gasteiger partial charge on any atom is -0.279 e. The van der Waals surface area contributed by atoms with E-state index in [-0.39, 0.29) is 5.91 Å². The van der Waals surface area contributed by atoms with Crippen LogP contribution in [-0.4, -0.2) is 17.3 Å². The largest absolute Gasteiger partial charge is 0.279 e. The van der Waals surface area contributed by atoms with Crippen LogP contribution >= 0.6 is 0 Å². The number of nitrogens with one attached hydrogen (secondary N) is 2. The van der Waals surface area contributed by atoms with Crippen LogP contribution in [0.4, 0.5) is 5.69 Å². The van der Waals surface area contributed by atoms with Crippen molar-refractivity contribution in [2.75, 3.05) is 5.43 Å². The van der Waals surface area contributed by atoms with Gasteiger partial charge in [-0.2, -0.15) is 10.2 Å². The predicted molar refractivity (Wildman–Crippen MR) is 117 cm³/mol. The first-order chi connectivity index (χ1) is 13.7. The van der Waals surface area contributed by atoms with E-state index >= 15 is 0 Å². The predicted octanol–water partition coefficient (Wildman–Crippen LogP) is 5.74. The number of hydrazone groups is 2. The normalized spacial score (nSPS) is 22.5. The van der Waals surface area contributed by atoms with Crippen LogP contribution in [-0.2, 0) is 0 Å². The van der Waals surface area contributed by atoms with Crippen molar-refractivity contribution >= 4 is 23.0 Å². The number of carbonyl (C=O) groups excluding carboxylic acids is 1. The molecule has 0 atom stereocenters. The zero-order valence-electron chi connectivity index (χ0n) is 17.3. The fourth-order valence-corrected chi connectivity index (χ4v) is 4.13. The van der Waals surface area contributed by atoms with Crippen LogP contribution in [0.25, 0.3) is 0 Å². The summed E-state index contributed by atoms with van der Waals surface area (Å²) in [4.78, 5) is 12.5. The highest BCUT2D eigenvalue weighted by molar-refractivity contribution is 5.96. The number of carbonyl (C=O) groups is 1. The molecule has 152 valence electrons. The van der Waals surface area contributed by atoms with E-state index in [0.29, 0.717) is 5.56 Å². The summed E-state index contributed by atoms with van der Waals surface area (Å²) in [5.74, 6) is 1.51. The molecule has 2 fully saturated rings. The lowest BCUT2D eigenvalue weighted by atomic mass is 9.86. The fraction of sp³-hybridized carbons (Fsp3) is 0.609. The highest BCUT2D eigenvalue weighted by atomic mass is 16.2. The van der Waals surface area contributed by atoms with Crippen LogP contribution in [0.1, 0.15) is 88.4 Å². The molecule has 5 nitrogen and oxygen atoms in total. The molecule has 0 saturated heterocycles. The Balaban J connectivity index is 1.52. The van der Waals surface area contributed by atoms with Crippen molar-refractivity contribution in [2.24, 2.45) is 22.0 Å². The summed E-state index contributed by atoms with van der Waals surface area (Å²) in [6, 6.07) is 7.47. The summed E-state index contributed by atoms with van der Waals surface area (Å²) in [6.07, 6.45) is 11.5. The molecule has 5 heteroatoms. The van der Waals surface area contributed by atoms with Crippen molar-refractivity contribution in [1.29, 1.82) is 0 Å². The Kier molecular flexibility index (Phi) is 7.63. The van der Waals surface area contributed by atoms with Gasteiger partial charge in [-0.3, -0.25) is 10.2 Å². The van der Waals surface area contributed by atoms with Gasteiger partial charge in [0.2, 0.25) is 0 Å². The molecule has 2 aliphatic carbocycles. The minimum absolute atomic E-state index is 0.162. The zero-order chi connectivity index (χ0) is 19.8. The summed E-state index contributed by atoms with van der Waals surface area (Å²) < 4.78 is 0. The van der Waals surface area contributed by atoms with Crippen molar-refractivity contribution in [3.05, 3.63) is 29.8 Å². The first-order valence-corrected chi connectivity index (χ1v) is 10.9. The Hall–Kier alpha value is -2.17. The molecule has 2 aliphatic rings. The quantitative estimate of drug-likeness (QED) is 0.616. The van der Waals surface area contributed by atoms with Gasteiger partial charge < -0.3 is 0 Å². The average molecular weight is 383 g/mol. The number of rotatable bonds is 6. The minimum atomic E-state index is -0.162. The molecule has 0 aromatic heterocycles. The summed E-state index contributed by atoms with van der Waals surface area (Å²) in [7, 11) is 0. The van der Waals surface area contributed by atoms with E-state index in [4.69, 9.17) is 0 Å². The molecule has 28 heavy (non-hydrogen) atoms. The molecule has 2 saturated carbocycles. The second-order valence-electron chi connectivity index (χ2n) is 8.19. The van der Waals surface area contributed by atoms with Crippen LogP contribution in [0.3, 0.4) is 0 Å². The highest BCUT2D eigenvalue weighted by Crippen LogP contribution is 2.25.